The number of aryl methyl sites for hydroxylation is 1. The second-order valence-electron chi connectivity index (χ2n) is 3.24. The van der Waals surface area contributed by atoms with Crippen LogP contribution >= 0.6 is 11.6 Å². The summed E-state index contributed by atoms with van der Waals surface area (Å²) in [6.45, 7) is 1.85. The summed E-state index contributed by atoms with van der Waals surface area (Å²) < 4.78 is 0. The van der Waals surface area contributed by atoms with E-state index in [-0.39, 0.29) is 5.88 Å². The van der Waals surface area contributed by atoms with Crippen LogP contribution in [0.5, 0.6) is 0 Å². The van der Waals surface area contributed by atoms with Crippen LogP contribution in [0.1, 0.15) is 17.2 Å². The van der Waals surface area contributed by atoms with Crippen LogP contribution in [-0.4, -0.2) is 22.2 Å². The fourth-order valence-electron chi connectivity index (χ4n) is 1.25. The van der Waals surface area contributed by atoms with E-state index in [1.807, 2.05) is 13.0 Å². The predicted octanol–water partition coefficient (Wildman–Crippen LogP) is 1.21. The number of aliphatic hydroxyl groups is 2. The van der Waals surface area contributed by atoms with E-state index in [4.69, 9.17) is 17.3 Å². The van der Waals surface area contributed by atoms with Crippen molar-refractivity contribution in [2.45, 2.75) is 19.1 Å². The van der Waals surface area contributed by atoms with E-state index in [0.29, 0.717) is 11.3 Å². The quantitative estimate of drug-likeness (QED) is 0.525. The number of aliphatic hydroxyl groups excluding tert-OH is 2. The summed E-state index contributed by atoms with van der Waals surface area (Å²) in [5, 5.41) is 19.0. The van der Waals surface area contributed by atoms with Gasteiger partial charge in [-0.2, -0.15) is 0 Å². The Bertz CT molecular complexity index is 317. The van der Waals surface area contributed by atoms with E-state index in [0.717, 1.165) is 5.56 Å². The maximum absolute atomic E-state index is 9.68. The summed E-state index contributed by atoms with van der Waals surface area (Å²) >= 11 is 5.44. The highest BCUT2D eigenvalue weighted by Gasteiger charge is 2.19. The minimum absolute atomic E-state index is 0.0193. The van der Waals surface area contributed by atoms with E-state index < -0.39 is 12.2 Å². The highest BCUT2D eigenvalue weighted by Crippen LogP contribution is 2.25. The third kappa shape index (κ3) is 2.18. The molecule has 0 fully saturated rings. The van der Waals surface area contributed by atoms with Crippen LogP contribution in [-0.2, 0) is 0 Å². The van der Waals surface area contributed by atoms with E-state index in [1.54, 1.807) is 12.1 Å². The zero-order valence-electron chi connectivity index (χ0n) is 7.94. The summed E-state index contributed by atoms with van der Waals surface area (Å²) in [7, 11) is 0. The molecule has 78 valence electrons. The second kappa shape index (κ2) is 4.64. The molecule has 2 unspecified atom stereocenters. The molecular weight excluding hydrogens is 202 g/mol. The van der Waals surface area contributed by atoms with Crippen molar-refractivity contribution in [1.29, 1.82) is 0 Å². The van der Waals surface area contributed by atoms with Crippen LogP contribution in [0.25, 0.3) is 0 Å². The lowest BCUT2D eigenvalue weighted by atomic mass is 10.0. The maximum atomic E-state index is 9.68. The van der Waals surface area contributed by atoms with E-state index >= 15 is 0 Å². The van der Waals surface area contributed by atoms with Gasteiger partial charge in [-0.05, 0) is 12.5 Å². The van der Waals surface area contributed by atoms with Crippen LogP contribution in [0.15, 0.2) is 18.2 Å². The molecule has 14 heavy (non-hydrogen) atoms. The average molecular weight is 216 g/mol. The highest BCUT2D eigenvalue weighted by atomic mass is 35.5. The van der Waals surface area contributed by atoms with Crippen molar-refractivity contribution < 1.29 is 10.2 Å². The first-order valence-corrected chi connectivity index (χ1v) is 4.88. The zero-order chi connectivity index (χ0) is 10.7. The molecule has 1 aromatic rings. The number of benzene rings is 1. The molecule has 0 saturated heterocycles. The van der Waals surface area contributed by atoms with Crippen molar-refractivity contribution in [3.63, 3.8) is 0 Å². The second-order valence-corrected chi connectivity index (χ2v) is 3.55. The van der Waals surface area contributed by atoms with Crippen LogP contribution in [0.2, 0.25) is 0 Å². The van der Waals surface area contributed by atoms with Crippen molar-refractivity contribution in [1.82, 2.24) is 0 Å². The number of hydrogen-bond acceptors (Lipinski definition) is 3. The molecule has 1 aromatic carbocycles. The van der Waals surface area contributed by atoms with Crippen LogP contribution < -0.4 is 5.73 Å². The van der Waals surface area contributed by atoms with Gasteiger partial charge in [0.25, 0.3) is 0 Å². The van der Waals surface area contributed by atoms with Gasteiger partial charge in [0, 0.05) is 11.3 Å². The maximum Gasteiger partial charge on any atom is 0.108 e. The molecule has 4 N–H and O–H groups in total. The van der Waals surface area contributed by atoms with Gasteiger partial charge in [-0.1, -0.05) is 18.2 Å². The van der Waals surface area contributed by atoms with Crippen molar-refractivity contribution in [2.75, 3.05) is 11.6 Å². The number of nitrogens with two attached hydrogens (primary N) is 1. The highest BCUT2D eigenvalue weighted by molar-refractivity contribution is 6.18. The average Bonchev–Trinajstić information content (AvgIpc) is 2.20. The Morgan fingerprint density at radius 1 is 1.43 bits per heavy atom. The van der Waals surface area contributed by atoms with Gasteiger partial charge in [-0.3, -0.25) is 0 Å². The fourth-order valence-corrected chi connectivity index (χ4v) is 1.42. The number of rotatable bonds is 3. The molecule has 1 rings (SSSR count). The van der Waals surface area contributed by atoms with Crippen LogP contribution in [0.4, 0.5) is 5.69 Å². The van der Waals surface area contributed by atoms with Gasteiger partial charge in [0.1, 0.15) is 6.10 Å². The van der Waals surface area contributed by atoms with E-state index in [1.165, 1.54) is 0 Å². The number of halogens is 1. The molecule has 0 heterocycles. The van der Waals surface area contributed by atoms with Gasteiger partial charge < -0.3 is 15.9 Å². The van der Waals surface area contributed by atoms with E-state index in [2.05, 4.69) is 0 Å². The van der Waals surface area contributed by atoms with Crippen molar-refractivity contribution in [3.05, 3.63) is 29.3 Å². The molecule has 3 nitrogen and oxygen atoms in total. The molecule has 0 aliphatic rings. The summed E-state index contributed by atoms with van der Waals surface area (Å²) in [6, 6.07) is 5.31. The Hall–Kier alpha value is -0.770. The van der Waals surface area contributed by atoms with Gasteiger partial charge in [0.15, 0.2) is 0 Å². The third-order valence-electron chi connectivity index (χ3n) is 2.20. The molecule has 0 bridgehead atoms. The number of nitrogen functional groups attached to an aromatic ring is 1. The lowest BCUT2D eigenvalue weighted by molar-refractivity contribution is 0.0331. The normalized spacial score (nSPS) is 15.1. The largest absolute Gasteiger partial charge is 0.398 e. The molecule has 0 amide bonds. The molecule has 0 spiro atoms. The molecule has 4 heteroatoms. The Kier molecular flexibility index (Phi) is 3.75. The molecule has 0 aliphatic carbocycles. The topological polar surface area (TPSA) is 66.5 Å². The number of para-hydroxylation sites is 1. The molecule has 0 aliphatic heterocycles. The van der Waals surface area contributed by atoms with Gasteiger partial charge in [0.05, 0.1) is 12.0 Å². The minimum atomic E-state index is -1.02. The number of anilines is 1. The number of alkyl halides is 1. The Balaban J connectivity index is 3.01. The summed E-state index contributed by atoms with van der Waals surface area (Å²) in [5.41, 5.74) is 7.67. The van der Waals surface area contributed by atoms with Crippen molar-refractivity contribution in [3.8, 4) is 0 Å². The molecule has 0 aromatic heterocycles. The third-order valence-corrected chi connectivity index (χ3v) is 2.52. The molecule has 0 radical (unpaired) electrons. The van der Waals surface area contributed by atoms with E-state index in [9.17, 15) is 10.2 Å². The first-order valence-electron chi connectivity index (χ1n) is 4.35. The van der Waals surface area contributed by atoms with Crippen molar-refractivity contribution in [2.24, 2.45) is 0 Å². The van der Waals surface area contributed by atoms with Gasteiger partial charge in [-0.25, -0.2) is 0 Å². The fraction of sp³-hybridized carbons (Fsp3) is 0.400. The summed E-state index contributed by atoms with van der Waals surface area (Å²) in [5.74, 6) is -0.0193. The Morgan fingerprint density at radius 3 is 2.64 bits per heavy atom. The molecule has 2 atom stereocenters. The number of hydrogen-bond donors (Lipinski definition) is 3. The lowest BCUT2D eigenvalue weighted by Gasteiger charge is -2.18. The minimum Gasteiger partial charge on any atom is -0.398 e. The SMILES string of the molecule is Cc1cccc(C(O)C(O)CCl)c1N. The predicted molar refractivity (Wildman–Crippen MR) is 57.3 cm³/mol. The smallest absolute Gasteiger partial charge is 0.108 e. The lowest BCUT2D eigenvalue weighted by Crippen LogP contribution is -2.20. The monoisotopic (exact) mass is 215 g/mol. The zero-order valence-corrected chi connectivity index (χ0v) is 8.70. The Morgan fingerprint density at radius 2 is 2.07 bits per heavy atom. The van der Waals surface area contributed by atoms with Crippen LogP contribution in [0, 0.1) is 6.92 Å². The van der Waals surface area contributed by atoms with Gasteiger partial charge in [0.2, 0.25) is 0 Å². The summed E-state index contributed by atoms with van der Waals surface area (Å²) in [6.07, 6.45) is -2.01. The van der Waals surface area contributed by atoms with Gasteiger partial charge in [-0.15, -0.1) is 11.6 Å². The van der Waals surface area contributed by atoms with Gasteiger partial charge >= 0.3 is 0 Å². The molecule has 0 saturated carbocycles. The first-order chi connectivity index (χ1) is 6.57. The van der Waals surface area contributed by atoms with Crippen molar-refractivity contribution >= 4 is 17.3 Å². The standard InChI is InChI=1S/C10H14ClNO2/c1-6-3-2-4-7(9(6)12)10(14)8(13)5-11/h2-4,8,10,13-14H,5,12H2,1H3. The summed E-state index contributed by atoms with van der Waals surface area (Å²) in [4.78, 5) is 0. The first kappa shape index (κ1) is 11.3. The Labute approximate surface area is 88.1 Å². The molecular formula is C10H14ClNO2. The van der Waals surface area contributed by atoms with Crippen LogP contribution in [0.3, 0.4) is 0 Å².